The Labute approximate surface area is 92.8 Å². The Bertz CT molecular complexity index is 200. The average Bonchev–Trinajstić information content (AvgIpc) is 2.70. The second-order valence-electron chi connectivity index (χ2n) is 4.95. The van der Waals surface area contributed by atoms with E-state index in [0.29, 0.717) is 30.8 Å². The second kappa shape index (κ2) is 6.11. The van der Waals surface area contributed by atoms with Crippen LogP contribution in [0, 0.1) is 11.8 Å². The number of carbonyl (C=O) groups excluding carboxylic acids is 1. The topological polar surface area (TPSA) is 55.1 Å². The molecule has 2 unspecified atom stereocenters. The summed E-state index contributed by atoms with van der Waals surface area (Å²) in [5, 5.41) is 3.09. The number of hydrogen-bond acceptors (Lipinski definition) is 2. The van der Waals surface area contributed by atoms with Crippen LogP contribution < -0.4 is 11.1 Å². The van der Waals surface area contributed by atoms with E-state index >= 15 is 0 Å². The van der Waals surface area contributed by atoms with Gasteiger partial charge in [-0.1, -0.05) is 19.8 Å². The van der Waals surface area contributed by atoms with E-state index in [9.17, 15) is 4.79 Å². The number of carbonyl (C=O) groups is 1. The fraction of sp³-hybridized carbons (Fsp3) is 0.917. The second-order valence-corrected chi connectivity index (χ2v) is 4.95. The third kappa shape index (κ3) is 4.20. The van der Waals surface area contributed by atoms with E-state index < -0.39 is 0 Å². The van der Waals surface area contributed by atoms with Crippen molar-refractivity contribution in [2.24, 2.45) is 17.6 Å². The van der Waals surface area contributed by atoms with Gasteiger partial charge in [0.2, 0.25) is 5.91 Å². The maximum absolute atomic E-state index is 11.6. The molecular weight excluding hydrogens is 188 g/mol. The fourth-order valence-electron chi connectivity index (χ4n) is 2.29. The smallest absolute Gasteiger partial charge is 0.220 e. The van der Waals surface area contributed by atoms with Crippen LogP contribution in [0.25, 0.3) is 0 Å². The molecule has 2 atom stereocenters. The van der Waals surface area contributed by atoms with Crippen molar-refractivity contribution in [3.05, 3.63) is 0 Å². The van der Waals surface area contributed by atoms with Gasteiger partial charge in [-0.3, -0.25) is 4.79 Å². The van der Waals surface area contributed by atoms with Crippen LogP contribution in [-0.4, -0.2) is 18.5 Å². The van der Waals surface area contributed by atoms with Crippen molar-refractivity contribution < 1.29 is 4.79 Å². The molecule has 0 aromatic heterocycles. The third-order valence-electron chi connectivity index (χ3n) is 3.43. The fourth-order valence-corrected chi connectivity index (χ4v) is 2.29. The molecule has 0 aliphatic heterocycles. The molecule has 3 nitrogen and oxygen atoms in total. The molecule has 1 fully saturated rings. The third-order valence-corrected chi connectivity index (χ3v) is 3.43. The molecule has 1 saturated carbocycles. The first-order chi connectivity index (χ1) is 7.13. The van der Waals surface area contributed by atoms with Crippen molar-refractivity contribution in [1.82, 2.24) is 5.32 Å². The van der Waals surface area contributed by atoms with E-state index in [-0.39, 0.29) is 5.91 Å². The largest absolute Gasteiger partial charge is 0.353 e. The lowest BCUT2D eigenvalue weighted by Gasteiger charge is -2.21. The molecule has 88 valence electrons. The number of nitrogens with two attached hydrogens (primary N) is 1. The van der Waals surface area contributed by atoms with E-state index in [2.05, 4.69) is 12.2 Å². The monoisotopic (exact) mass is 212 g/mol. The molecule has 0 heterocycles. The Morgan fingerprint density at radius 2 is 2.00 bits per heavy atom. The van der Waals surface area contributed by atoms with Crippen LogP contribution in [0.1, 0.15) is 46.0 Å². The predicted octanol–water partition coefficient (Wildman–Crippen LogP) is 1.67. The minimum Gasteiger partial charge on any atom is -0.353 e. The Morgan fingerprint density at radius 3 is 2.53 bits per heavy atom. The quantitative estimate of drug-likeness (QED) is 0.728. The van der Waals surface area contributed by atoms with Gasteiger partial charge in [-0.2, -0.15) is 0 Å². The SMILES string of the molecule is CC(CN)CC(=O)NC(C)C1CCCC1. The summed E-state index contributed by atoms with van der Waals surface area (Å²) in [5.74, 6) is 1.15. The zero-order valence-corrected chi connectivity index (χ0v) is 9.96. The molecule has 1 rings (SSSR count). The van der Waals surface area contributed by atoms with Crippen LogP contribution in [0.3, 0.4) is 0 Å². The van der Waals surface area contributed by atoms with Crippen molar-refractivity contribution in [1.29, 1.82) is 0 Å². The van der Waals surface area contributed by atoms with Crippen LogP contribution >= 0.6 is 0 Å². The van der Waals surface area contributed by atoms with Crippen molar-refractivity contribution >= 4 is 5.91 Å². The number of hydrogen-bond donors (Lipinski definition) is 2. The Morgan fingerprint density at radius 1 is 1.40 bits per heavy atom. The minimum atomic E-state index is 0.160. The number of rotatable bonds is 5. The van der Waals surface area contributed by atoms with Gasteiger partial charge in [0.05, 0.1) is 0 Å². The van der Waals surface area contributed by atoms with Gasteiger partial charge in [-0.05, 0) is 38.1 Å². The summed E-state index contributed by atoms with van der Waals surface area (Å²) < 4.78 is 0. The molecule has 0 aromatic carbocycles. The summed E-state index contributed by atoms with van der Waals surface area (Å²) in [4.78, 5) is 11.6. The highest BCUT2D eigenvalue weighted by molar-refractivity contribution is 5.76. The van der Waals surface area contributed by atoms with Gasteiger partial charge in [-0.15, -0.1) is 0 Å². The molecule has 3 N–H and O–H groups in total. The summed E-state index contributed by atoms with van der Waals surface area (Å²) >= 11 is 0. The first-order valence-corrected chi connectivity index (χ1v) is 6.13. The molecular formula is C12H24N2O. The van der Waals surface area contributed by atoms with E-state index in [4.69, 9.17) is 5.73 Å². The van der Waals surface area contributed by atoms with Crippen LogP contribution in [0.4, 0.5) is 0 Å². The lowest BCUT2D eigenvalue weighted by molar-refractivity contribution is -0.122. The van der Waals surface area contributed by atoms with Gasteiger partial charge >= 0.3 is 0 Å². The van der Waals surface area contributed by atoms with Gasteiger partial charge in [-0.25, -0.2) is 0 Å². The molecule has 1 aliphatic carbocycles. The first-order valence-electron chi connectivity index (χ1n) is 6.13. The van der Waals surface area contributed by atoms with E-state index in [1.54, 1.807) is 0 Å². The molecule has 0 spiro atoms. The van der Waals surface area contributed by atoms with Crippen LogP contribution in [0.2, 0.25) is 0 Å². The van der Waals surface area contributed by atoms with Gasteiger partial charge in [0.25, 0.3) is 0 Å². The van der Waals surface area contributed by atoms with Crippen molar-refractivity contribution in [2.45, 2.75) is 52.0 Å². The summed E-state index contributed by atoms with van der Waals surface area (Å²) in [6.07, 6.45) is 5.75. The maximum Gasteiger partial charge on any atom is 0.220 e. The van der Waals surface area contributed by atoms with Crippen LogP contribution in [-0.2, 0) is 4.79 Å². The van der Waals surface area contributed by atoms with Crippen molar-refractivity contribution in [3.8, 4) is 0 Å². The standard InChI is InChI=1S/C12H24N2O/c1-9(8-13)7-12(15)14-10(2)11-5-3-4-6-11/h9-11H,3-8,13H2,1-2H3,(H,14,15). The Balaban J connectivity index is 2.24. The van der Waals surface area contributed by atoms with E-state index in [1.807, 2.05) is 6.92 Å². The lowest BCUT2D eigenvalue weighted by Crippen LogP contribution is -2.38. The van der Waals surface area contributed by atoms with Gasteiger partial charge in [0, 0.05) is 12.5 Å². The molecule has 3 heteroatoms. The summed E-state index contributed by atoms with van der Waals surface area (Å²) in [6.45, 7) is 4.73. The Hall–Kier alpha value is -0.570. The maximum atomic E-state index is 11.6. The molecule has 1 aliphatic rings. The van der Waals surface area contributed by atoms with E-state index in [1.165, 1.54) is 25.7 Å². The zero-order valence-electron chi connectivity index (χ0n) is 9.96. The summed E-state index contributed by atoms with van der Waals surface area (Å²) in [5.41, 5.74) is 5.49. The molecule has 1 amide bonds. The highest BCUT2D eigenvalue weighted by Crippen LogP contribution is 2.27. The van der Waals surface area contributed by atoms with E-state index in [0.717, 1.165) is 0 Å². The van der Waals surface area contributed by atoms with Gasteiger partial charge in [0.1, 0.15) is 0 Å². The molecule has 0 radical (unpaired) electrons. The van der Waals surface area contributed by atoms with Crippen molar-refractivity contribution in [3.63, 3.8) is 0 Å². The summed E-state index contributed by atoms with van der Waals surface area (Å²) in [7, 11) is 0. The van der Waals surface area contributed by atoms with Crippen LogP contribution in [0.15, 0.2) is 0 Å². The number of amides is 1. The Kier molecular flexibility index (Phi) is 5.09. The minimum absolute atomic E-state index is 0.160. The first kappa shape index (κ1) is 12.5. The van der Waals surface area contributed by atoms with Gasteiger partial charge in [0.15, 0.2) is 0 Å². The molecule has 0 saturated heterocycles. The zero-order chi connectivity index (χ0) is 11.3. The molecule has 0 aromatic rings. The highest BCUT2D eigenvalue weighted by atomic mass is 16.1. The summed E-state index contributed by atoms with van der Waals surface area (Å²) in [6, 6.07) is 0.338. The lowest BCUT2D eigenvalue weighted by atomic mass is 9.99. The molecule has 15 heavy (non-hydrogen) atoms. The highest BCUT2D eigenvalue weighted by Gasteiger charge is 2.22. The number of nitrogens with one attached hydrogen (secondary N) is 1. The van der Waals surface area contributed by atoms with Crippen molar-refractivity contribution in [2.75, 3.05) is 6.54 Å². The predicted molar refractivity (Wildman–Crippen MR) is 62.4 cm³/mol. The average molecular weight is 212 g/mol. The van der Waals surface area contributed by atoms with Crippen LogP contribution in [0.5, 0.6) is 0 Å². The molecule has 0 bridgehead atoms. The van der Waals surface area contributed by atoms with Gasteiger partial charge < -0.3 is 11.1 Å². The normalized spacial score (nSPS) is 21.3.